The molecule has 0 bridgehead atoms. The van der Waals surface area contributed by atoms with Gasteiger partial charge in [-0.3, -0.25) is 0 Å². The van der Waals surface area contributed by atoms with Gasteiger partial charge >= 0.3 is 12.2 Å². The number of carbonyl (C=O) groups excluding carboxylic acids is 2. The van der Waals surface area contributed by atoms with E-state index in [2.05, 4.69) is 46.4 Å². The van der Waals surface area contributed by atoms with E-state index >= 15 is 0 Å². The van der Waals surface area contributed by atoms with Gasteiger partial charge in [-0.05, 0) is 51.4 Å². The first-order valence-corrected chi connectivity index (χ1v) is 22.5. The number of methoxy groups -OCH3 is 2. The van der Waals surface area contributed by atoms with E-state index in [1.54, 1.807) is 23.5 Å². The summed E-state index contributed by atoms with van der Waals surface area (Å²) in [5.74, 6) is 2.07. The molecule has 0 saturated heterocycles. The molecule has 0 radical (unpaired) electrons. The van der Waals surface area contributed by atoms with E-state index in [0.717, 1.165) is 62.0 Å². The molecule has 66 heavy (non-hydrogen) atoms. The van der Waals surface area contributed by atoms with Crippen LogP contribution in [0.1, 0.15) is 74.8 Å². The van der Waals surface area contributed by atoms with Crippen LogP contribution in [0.25, 0.3) is 22.3 Å². The normalized spacial score (nSPS) is 24.1. The second-order valence-electron chi connectivity index (χ2n) is 17.5. The van der Waals surface area contributed by atoms with Crippen LogP contribution in [0.3, 0.4) is 0 Å². The Kier molecular flexibility index (Phi) is 13.0. The number of aliphatic hydroxyl groups excluding tert-OH is 2. The molecule has 0 spiro atoms. The van der Waals surface area contributed by atoms with Crippen molar-refractivity contribution in [3.8, 4) is 0 Å². The Labute approximate surface area is 379 Å². The molecule has 9 rings (SSSR count). The fraction of sp³-hybridized carbons (Fsp3) is 0.571. The number of hydrogen-bond acceptors (Lipinski definition) is 18. The van der Waals surface area contributed by atoms with Crippen molar-refractivity contribution in [2.45, 2.75) is 113 Å². The number of fused-ring (bicyclic) bond motifs is 2. The van der Waals surface area contributed by atoms with Crippen molar-refractivity contribution in [1.82, 2.24) is 68.8 Å². The number of imidazole rings is 4. The summed E-state index contributed by atoms with van der Waals surface area (Å²) in [6.07, 6.45) is 14.6. The molecule has 24 heteroatoms. The van der Waals surface area contributed by atoms with Crippen LogP contribution in [0, 0.1) is 0 Å². The van der Waals surface area contributed by atoms with Crippen molar-refractivity contribution in [1.29, 1.82) is 0 Å². The largest absolute Gasteiger partial charge is 0.453 e. The number of alkyl carbamates (subject to hydrolysis) is 2. The minimum absolute atomic E-state index is 0.00731. The lowest BCUT2D eigenvalue weighted by Gasteiger charge is -2.30. The molecular weight excluding hydrogens is 853 g/mol. The summed E-state index contributed by atoms with van der Waals surface area (Å²) in [4.78, 5) is 62.1. The SMILES string of the molecule is COC(=O)N[C@@H]1CC[C@H](n2cnc3c(NC4CCC(Nc5nc(NCCc6cn(C)cn6)nc6c5ncn6[C@@H]5C[C@H](NC(=O)OC)[C@@H](O)[C@H]5O)CC4)nc(NCCc4cn(C)cn4)nc32)C1. The monoisotopic (exact) mass is 910 g/mol. The molecule has 8 N–H and O–H groups in total. The minimum Gasteiger partial charge on any atom is -0.453 e. The first-order chi connectivity index (χ1) is 32.0. The average Bonchev–Trinajstić information content (AvgIpc) is 4.19. The van der Waals surface area contributed by atoms with E-state index < -0.39 is 36.5 Å². The first kappa shape index (κ1) is 44.4. The molecular formula is C42H58N18O6. The highest BCUT2D eigenvalue weighted by atomic mass is 16.5. The topological polar surface area (TPSA) is 288 Å². The van der Waals surface area contributed by atoms with Gasteiger partial charge < -0.3 is 69.9 Å². The molecule has 6 aromatic heterocycles. The van der Waals surface area contributed by atoms with Crippen LogP contribution in [-0.4, -0.2) is 144 Å². The third kappa shape index (κ3) is 9.73. The second kappa shape index (κ2) is 19.3. The van der Waals surface area contributed by atoms with E-state index in [-0.39, 0.29) is 30.6 Å². The summed E-state index contributed by atoms with van der Waals surface area (Å²) < 4.78 is 17.3. The highest BCUT2D eigenvalue weighted by Crippen LogP contribution is 2.37. The molecule has 3 aliphatic carbocycles. The third-order valence-corrected chi connectivity index (χ3v) is 12.9. The summed E-state index contributed by atoms with van der Waals surface area (Å²) in [5, 5.41) is 41.8. The standard InChI is InChI=1S/C42H58N18O6/c1-57-17-26(45-19-57)11-13-43-39-53-35(31-37(55-39)59(21-47-31)28-10-9-25(15-28)51-41(63)65-3)49-23-5-7-24(8-6-23)50-36-32-38(56-40(54-36)44-14-12-27-18-58(2)20-46-27)60(22-48-32)30-16-29(33(61)34(30)62)52-42(64)66-4/h17-25,28-30,33-34,61-62H,5-16H2,1-4H3,(H,51,63)(H,52,64)(H2,43,49,53,55)(H2,44,50,54,56)/t23?,24?,25-,28+,29+,30-,33-,34+/m1/s1. The van der Waals surface area contributed by atoms with E-state index in [4.69, 9.17) is 39.4 Å². The van der Waals surface area contributed by atoms with Crippen LogP contribution in [0.5, 0.6) is 0 Å². The lowest BCUT2D eigenvalue weighted by atomic mass is 9.91. The molecule has 0 aliphatic heterocycles. The Morgan fingerprint density at radius 2 is 1.15 bits per heavy atom. The lowest BCUT2D eigenvalue weighted by molar-refractivity contribution is 0.0142. The molecule has 3 saturated carbocycles. The van der Waals surface area contributed by atoms with Crippen molar-refractivity contribution in [3.05, 3.63) is 49.1 Å². The Hall–Kier alpha value is -6.82. The average molecular weight is 911 g/mol. The molecule has 6 aromatic rings. The van der Waals surface area contributed by atoms with Crippen LogP contribution in [-0.2, 0) is 36.4 Å². The number of anilines is 4. The predicted molar refractivity (Wildman–Crippen MR) is 242 cm³/mol. The van der Waals surface area contributed by atoms with Gasteiger partial charge in [-0.1, -0.05) is 0 Å². The van der Waals surface area contributed by atoms with E-state index in [9.17, 15) is 19.8 Å². The molecule has 2 amide bonds. The third-order valence-electron chi connectivity index (χ3n) is 12.9. The molecule has 24 nitrogen and oxygen atoms in total. The molecule has 0 aromatic carbocycles. The number of aliphatic hydroxyl groups is 2. The van der Waals surface area contributed by atoms with Gasteiger partial charge in [-0.25, -0.2) is 29.5 Å². The maximum Gasteiger partial charge on any atom is 0.407 e. The number of rotatable bonds is 16. The Morgan fingerprint density at radius 1 is 0.636 bits per heavy atom. The predicted octanol–water partition coefficient (Wildman–Crippen LogP) is 2.42. The number of aryl methyl sites for hydroxylation is 2. The number of ether oxygens (including phenoxy) is 2. The molecule has 0 unspecified atom stereocenters. The Bertz CT molecular complexity index is 2640. The van der Waals surface area contributed by atoms with Gasteiger partial charge in [0.1, 0.15) is 12.2 Å². The molecule has 352 valence electrons. The number of carbonyl (C=O) groups is 2. The fourth-order valence-corrected chi connectivity index (χ4v) is 9.47. The summed E-state index contributed by atoms with van der Waals surface area (Å²) in [6.45, 7) is 1.11. The quantitative estimate of drug-likeness (QED) is 0.0692. The minimum atomic E-state index is -1.23. The fourth-order valence-electron chi connectivity index (χ4n) is 9.47. The second-order valence-corrected chi connectivity index (χ2v) is 17.5. The summed E-state index contributed by atoms with van der Waals surface area (Å²) in [6, 6.07) is -1.13. The van der Waals surface area contributed by atoms with Gasteiger partial charge in [0.25, 0.3) is 0 Å². The van der Waals surface area contributed by atoms with Gasteiger partial charge in [-0.2, -0.15) is 19.9 Å². The highest BCUT2D eigenvalue weighted by Gasteiger charge is 2.44. The maximum atomic E-state index is 12.0. The van der Waals surface area contributed by atoms with E-state index in [1.807, 2.05) is 42.0 Å². The van der Waals surface area contributed by atoms with Gasteiger partial charge in [0.05, 0.1) is 63.0 Å². The van der Waals surface area contributed by atoms with E-state index in [1.165, 1.54) is 14.2 Å². The molecule has 3 fully saturated rings. The summed E-state index contributed by atoms with van der Waals surface area (Å²) in [5.41, 5.74) is 4.29. The zero-order chi connectivity index (χ0) is 45.9. The summed E-state index contributed by atoms with van der Waals surface area (Å²) in [7, 11) is 6.49. The highest BCUT2D eigenvalue weighted by molar-refractivity contribution is 5.85. The van der Waals surface area contributed by atoms with Crippen LogP contribution in [0.2, 0.25) is 0 Å². The number of amides is 2. The number of nitrogens with one attached hydrogen (secondary N) is 6. The van der Waals surface area contributed by atoms with Crippen LogP contribution >= 0.6 is 0 Å². The zero-order valence-electron chi connectivity index (χ0n) is 37.5. The number of nitrogens with zero attached hydrogens (tertiary/aromatic N) is 12. The number of hydrogen-bond donors (Lipinski definition) is 8. The molecule has 6 atom stereocenters. The van der Waals surface area contributed by atoms with Crippen LogP contribution in [0.15, 0.2) is 37.7 Å². The Morgan fingerprint density at radius 3 is 1.68 bits per heavy atom. The van der Waals surface area contributed by atoms with E-state index in [0.29, 0.717) is 66.1 Å². The van der Waals surface area contributed by atoms with Crippen molar-refractivity contribution >= 4 is 58.0 Å². The zero-order valence-corrected chi connectivity index (χ0v) is 37.5. The van der Waals surface area contributed by atoms with Crippen LogP contribution < -0.4 is 31.9 Å². The first-order valence-electron chi connectivity index (χ1n) is 22.5. The smallest absolute Gasteiger partial charge is 0.407 e. The Balaban J connectivity index is 0.913. The molecule has 3 aliphatic rings. The number of aromatic nitrogens is 12. The van der Waals surface area contributed by atoms with Crippen LogP contribution in [0.4, 0.5) is 33.1 Å². The van der Waals surface area contributed by atoms with Crippen molar-refractivity contribution in [2.75, 3.05) is 48.6 Å². The van der Waals surface area contributed by atoms with Gasteiger partial charge in [0.2, 0.25) is 11.9 Å². The van der Waals surface area contributed by atoms with Crippen molar-refractivity contribution in [3.63, 3.8) is 0 Å². The van der Waals surface area contributed by atoms with Gasteiger partial charge in [0, 0.05) is 76.6 Å². The van der Waals surface area contributed by atoms with Crippen molar-refractivity contribution in [2.24, 2.45) is 14.1 Å². The molecule has 6 heterocycles. The summed E-state index contributed by atoms with van der Waals surface area (Å²) >= 11 is 0. The van der Waals surface area contributed by atoms with Gasteiger partial charge in [0.15, 0.2) is 34.0 Å². The lowest BCUT2D eigenvalue weighted by Crippen LogP contribution is -2.43. The maximum absolute atomic E-state index is 12.0. The van der Waals surface area contributed by atoms with Crippen molar-refractivity contribution < 1.29 is 29.3 Å². The van der Waals surface area contributed by atoms with Gasteiger partial charge in [-0.15, -0.1) is 0 Å².